The number of Topliss-reactive ketones (excluding diaryl/α,β-unsaturated/α-hetero) is 1. The van der Waals surface area contributed by atoms with Crippen molar-refractivity contribution < 1.29 is 29.0 Å². The summed E-state index contributed by atoms with van der Waals surface area (Å²) in [4.78, 5) is 33.7. The summed E-state index contributed by atoms with van der Waals surface area (Å²) in [6.07, 6.45) is 0. The third-order valence-electron chi connectivity index (χ3n) is 1.95. The van der Waals surface area contributed by atoms with Gasteiger partial charge in [0.1, 0.15) is 0 Å². The molecule has 16 heavy (non-hydrogen) atoms. The van der Waals surface area contributed by atoms with Crippen LogP contribution in [0.25, 0.3) is 0 Å². The summed E-state index contributed by atoms with van der Waals surface area (Å²) < 4.78 is 9.10. The van der Waals surface area contributed by atoms with Crippen molar-refractivity contribution in [2.24, 2.45) is 0 Å². The second-order valence-electron chi connectivity index (χ2n) is 2.79. The molecule has 1 heterocycles. The van der Waals surface area contributed by atoms with Crippen molar-refractivity contribution in [2.45, 2.75) is 6.04 Å². The van der Waals surface area contributed by atoms with E-state index in [-0.39, 0.29) is 0 Å². The molecule has 88 valence electrons. The van der Waals surface area contributed by atoms with Crippen LogP contribution >= 0.6 is 11.8 Å². The van der Waals surface area contributed by atoms with Gasteiger partial charge in [0.05, 0.1) is 14.2 Å². The largest absolute Gasteiger partial charge is 0.503 e. The predicted octanol–water partition coefficient (Wildman–Crippen LogP) is -0.491. The van der Waals surface area contributed by atoms with E-state index in [1.165, 1.54) is 0 Å². The Labute approximate surface area is 95.3 Å². The van der Waals surface area contributed by atoms with E-state index in [1.54, 1.807) is 0 Å². The highest BCUT2D eigenvalue weighted by molar-refractivity contribution is 6.27. The molecule has 0 fully saturated rings. The lowest BCUT2D eigenvalue weighted by Crippen LogP contribution is -2.38. The van der Waals surface area contributed by atoms with Crippen LogP contribution in [0.3, 0.4) is 0 Å². The van der Waals surface area contributed by atoms with Gasteiger partial charge < -0.3 is 14.6 Å². The summed E-state index contributed by atoms with van der Waals surface area (Å²) in [6.45, 7) is 0. The third kappa shape index (κ3) is 1.69. The van der Waals surface area contributed by atoms with Gasteiger partial charge in [-0.2, -0.15) is 0 Å². The van der Waals surface area contributed by atoms with E-state index in [0.29, 0.717) is 4.42 Å². The molecule has 7 nitrogen and oxygen atoms in total. The van der Waals surface area contributed by atoms with Crippen molar-refractivity contribution in [3.63, 3.8) is 0 Å². The highest BCUT2D eigenvalue weighted by Crippen LogP contribution is 2.27. The first-order valence-corrected chi connectivity index (χ1v) is 4.38. The average molecular weight is 250 g/mol. The first-order valence-electron chi connectivity index (χ1n) is 4.04. The van der Waals surface area contributed by atoms with Crippen LogP contribution in [-0.4, -0.2) is 47.5 Å². The molecule has 0 aromatic carbocycles. The van der Waals surface area contributed by atoms with E-state index in [0.717, 1.165) is 14.2 Å². The van der Waals surface area contributed by atoms with Crippen molar-refractivity contribution in [3.8, 4) is 0 Å². The van der Waals surface area contributed by atoms with Crippen LogP contribution < -0.4 is 0 Å². The van der Waals surface area contributed by atoms with Gasteiger partial charge in [0.25, 0.3) is 0 Å². The van der Waals surface area contributed by atoms with Crippen LogP contribution in [0.5, 0.6) is 0 Å². The topological polar surface area (TPSA) is 93.1 Å². The maximum atomic E-state index is 11.4. The van der Waals surface area contributed by atoms with E-state index >= 15 is 0 Å². The third-order valence-corrected chi connectivity index (χ3v) is 2.31. The Bertz CT molecular complexity index is 390. The number of ketones is 1. The monoisotopic (exact) mass is 249 g/mol. The number of hydrogen-bond acceptors (Lipinski definition) is 7. The van der Waals surface area contributed by atoms with E-state index in [4.69, 9.17) is 11.8 Å². The standard InChI is InChI=1S/C8H8ClNO6/c1-15-7(13)3-5(11)6(12)4(10(3)9)8(14)16-2/h3,12H,1-2H3. The Hall–Kier alpha value is -1.76. The number of ether oxygens (including phenoxy) is 2. The summed E-state index contributed by atoms with van der Waals surface area (Å²) in [5, 5.41) is 9.34. The summed E-state index contributed by atoms with van der Waals surface area (Å²) in [6, 6.07) is -1.57. The minimum Gasteiger partial charge on any atom is -0.503 e. The summed E-state index contributed by atoms with van der Waals surface area (Å²) in [7, 11) is 2.09. The molecular weight excluding hydrogens is 242 g/mol. The lowest BCUT2D eigenvalue weighted by atomic mass is 10.2. The van der Waals surface area contributed by atoms with Crippen molar-refractivity contribution in [1.29, 1.82) is 0 Å². The molecule has 1 unspecified atom stereocenters. The Morgan fingerprint density at radius 2 is 1.94 bits per heavy atom. The van der Waals surface area contributed by atoms with E-state index in [9.17, 15) is 19.5 Å². The summed E-state index contributed by atoms with van der Waals surface area (Å²) in [5.74, 6) is -3.93. The number of carbonyl (C=O) groups excluding carboxylic acids is 3. The van der Waals surface area contributed by atoms with Gasteiger partial charge in [-0.05, 0) is 0 Å². The number of hydrogen-bond donors (Lipinski definition) is 1. The van der Waals surface area contributed by atoms with E-state index < -0.39 is 35.2 Å². The van der Waals surface area contributed by atoms with Crippen LogP contribution in [0.15, 0.2) is 11.5 Å². The zero-order valence-corrected chi connectivity index (χ0v) is 9.15. The first kappa shape index (κ1) is 12.3. The molecular formula is C8H8ClNO6. The van der Waals surface area contributed by atoms with Crippen LogP contribution in [0.1, 0.15) is 0 Å². The molecule has 0 amide bonds. The second-order valence-corrected chi connectivity index (χ2v) is 3.15. The molecule has 1 atom stereocenters. The molecule has 0 aliphatic carbocycles. The zero-order valence-electron chi connectivity index (χ0n) is 8.39. The Morgan fingerprint density at radius 1 is 1.38 bits per heavy atom. The number of aliphatic hydroxyl groups is 1. The number of rotatable bonds is 2. The lowest BCUT2D eigenvalue weighted by Gasteiger charge is -2.16. The highest BCUT2D eigenvalue weighted by atomic mass is 35.5. The fraction of sp³-hybridized carbons (Fsp3) is 0.375. The quantitative estimate of drug-likeness (QED) is 0.401. The van der Waals surface area contributed by atoms with Crippen molar-refractivity contribution in [1.82, 2.24) is 4.42 Å². The Morgan fingerprint density at radius 3 is 2.38 bits per heavy atom. The van der Waals surface area contributed by atoms with Gasteiger partial charge in [0, 0.05) is 11.8 Å². The minimum absolute atomic E-state index is 0.495. The molecule has 1 aliphatic rings. The molecule has 0 aromatic rings. The van der Waals surface area contributed by atoms with Gasteiger partial charge in [-0.1, -0.05) is 0 Å². The van der Waals surface area contributed by atoms with Gasteiger partial charge in [-0.3, -0.25) is 9.21 Å². The maximum absolute atomic E-state index is 11.4. The summed E-state index contributed by atoms with van der Waals surface area (Å²) >= 11 is 5.57. The molecule has 1 rings (SSSR count). The predicted molar refractivity (Wildman–Crippen MR) is 50.2 cm³/mol. The number of aliphatic hydroxyl groups excluding tert-OH is 1. The van der Waals surface area contributed by atoms with E-state index in [2.05, 4.69) is 9.47 Å². The van der Waals surface area contributed by atoms with Gasteiger partial charge in [-0.15, -0.1) is 0 Å². The first-order chi connectivity index (χ1) is 7.45. The zero-order chi connectivity index (χ0) is 12.5. The normalized spacial score (nSPS) is 20.1. The molecule has 1 N–H and O–H groups in total. The maximum Gasteiger partial charge on any atom is 0.359 e. The molecule has 0 saturated heterocycles. The number of esters is 2. The summed E-state index contributed by atoms with van der Waals surface area (Å²) in [5.41, 5.74) is -0.579. The van der Waals surface area contributed by atoms with Crippen molar-refractivity contribution in [2.75, 3.05) is 14.2 Å². The minimum atomic E-state index is -1.57. The van der Waals surface area contributed by atoms with Crippen LogP contribution in [0, 0.1) is 0 Å². The molecule has 8 heteroatoms. The fourth-order valence-corrected chi connectivity index (χ4v) is 1.49. The highest BCUT2D eigenvalue weighted by Gasteiger charge is 2.48. The molecule has 0 spiro atoms. The van der Waals surface area contributed by atoms with Crippen LogP contribution in [0.4, 0.5) is 0 Å². The van der Waals surface area contributed by atoms with Gasteiger partial charge in [0.15, 0.2) is 11.5 Å². The van der Waals surface area contributed by atoms with Gasteiger partial charge in [-0.25, -0.2) is 9.59 Å². The number of methoxy groups -OCH3 is 2. The average Bonchev–Trinajstić information content (AvgIpc) is 2.49. The van der Waals surface area contributed by atoms with Gasteiger partial charge in [0.2, 0.25) is 11.8 Å². The molecule has 0 saturated carbocycles. The molecule has 0 radical (unpaired) electrons. The van der Waals surface area contributed by atoms with Crippen molar-refractivity contribution in [3.05, 3.63) is 11.5 Å². The second kappa shape index (κ2) is 4.40. The number of halogens is 1. The number of carbonyl (C=O) groups is 3. The van der Waals surface area contributed by atoms with Crippen molar-refractivity contribution >= 4 is 29.5 Å². The Balaban J connectivity index is 3.10. The molecule has 0 bridgehead atoms. The Kier molecular flexibility index (Phi) is 3.38. The molecule has 0 aromatic heterocycles. The molecule has 1 aliphatic heterocycles. The SMILES string of the molecule is COC(=O)C1=C(O)C(=O)C(C(=O)OC)N1Cl. The van der Waals surface area contributed by atoms with Gasteiger partial charge >= 0.3 is 11.9 Å². The van der Waals surface area contributed by atoms with Crippen LogP contribution in [-0.2, 0) is 23.9 Å². The smallest absolute Gasteiger partial charge is 0.359 e. The number of nitrogens with zero attached hydrogens (tertiary/aromatic N) is 1. The van der Waals surface area contributed by atoms with E-state index in [1.807, 2.05) is 0 Å². The lowest BCUT2D eigenvalue weighted by molar-refractivity contribution is -0.147. The van der Waals surface area contributed by atoms with Crippen LogP contribution in [0.2, 0.25) is 0 Å². The fourth-order valence-electron chi connectivity index (χ4n) is 1.17.